The molecule has 0 saturated carbocycles. The van der Waals surface area contributed by atoms with Crippen LogP contribution in [0.1, 0.15) is 29.7 Å². The van der Waals surface area contributed by atoms with Gasteiger partial charge in [-0.3, -0.25) is 4.79 Å². The standard InChI is InChI=1S/C27H24N4O5/c1-27-24-23(19-8-3-5-9-21(19)28-24)20(18-7-4-6-10-22(18)36-2)15-29(27)26(33)30(25(27)32)16-11-13-17(14-12-16)31(34)35/h3-14,20,28,31,34H,15H2,1-2H3/t20?,27-/m0/s1. The second kappa shape index (κ2) is 7.92. The molecule has 3 heterocycles. The number of aromatic amines is 1. The number of methoxy groups -OCH3 is 1. The third-order valence-corrected chi connectivity index (χ3v) is 7.42. The number of anilines is 1. The molecule has 6 rings (SSSR count). The van der Waals surface area contributed by atoms with Crippen molar-refractivity contribution in [3.63, 3.8) is 0 Å². The minimum atomic E-state index is -1.25. The first-order valence-electron chi connectivity index (χ1n) is 11.6. The van der Waals surface area contributed by atoms with Crippen LogP contribution in [0.3, 0.4) is 0 Å². The highest BCUT2D eigenvalue weighted by Crippen LogP contribution is 2.51. The maximum atomic E-state index is 14.0. The van der Waals surface area contributed by atoms with E-state index in [1.165, 1.54) is 24.3 Å². The van der Waals surface area contributed by atoms with Crippen LogP contribution >= 0.6 is 0 Å². The first-order valence-corrected chi connectivity index (χ1v) is 11.6. The number of imide groups is 1. The average molecular weight is 485 g/mol. The molecule has 3 N–H and O–H groups in total. The van der Waals surface area contributed by atoms with Crippen LogP contribution in [0.15, 0.2) is 72.8 Å². The number of para-hydroxylation sites is 2. The second-order valence-electron chi connectivity index (χ2n) is 9.21. The van der Waals surface area contributed by atoms with Gasteiger partial charge in [-0.2, -0.15) is 5.23 Å². The SMILES string of the molecule is COc1ccccc1C1CN2C(=O)N(c3ccc([NH+]([O-])O)cc3)C(=O)[C@]2(C)c2[nH]c3ccccc3c21. The van der Waals surface area contributed by atoms with E-state index in [0.717, 1.165) is 26.9 Å². The Morgan fingerprint density at radius 2 is 1.75 bits per heavy atom. The molecule has 182 valence electrons. The number of carbonyl (C=O) groups excluding carboxylic acids is 2. The van der Waals surface area contributed by atoms with Gasteiger partial charge < -0.3 is 19.8 Å². The van der Waals surface area contributed by atoms with Gasteiger partial charge in [0.2, 0.25) is 0 Å². The van der Waals surface area contributed by atoms with Gasteiger partial charge in [-0.25, -0.2) is 14.9 Å². The Kier molecular flexibility index (Phi) is 4.91. The summed E-state index contributed by atoms with van der Waals surface area (Å²) in [6.45, 7) is 2.05. The van der Waals surface area contributed by atoms with Crippen molar-refractivity contribution in [2.24, 2.45) is 0 Å². The molecule has 36 heavy (non-hydrogen) atoms. The van der Waals surface area contributed by atoms with Crippen molar-refractivity contribution >= 4 is 34.2 Å². The van der Waals surface area contributed by atoms with Gasteiger partial charge in [-0.1, -0.05) is 36.4 Å². The highest BCUT2D eigenvalue weighted by atomic mass is 16.8. The topological polar surface area (TPSA) is 113 Å². The van der Waals surface area contributed by atoms with Crippen molar-refractivity contribution in [1.29, 1.82) is 0 Å². The van der Waals surface area contributed by atoms with Gasteiger partial charge in [-0.05, 0) is 36.8 Å². The molecule has 1 fully saturated rings. The predicted molar refractivity (Wildman–Crippen MR) is 132 cm³/mol. The molecule has 1 saturated heterocycles. The average Bonchev–Trinajstić information content (AvgIpc) is 3.38. The van der Waals surface area contributed by atoms with E-state index in [-0.39, 0.29) is 24.1 Å². The fourth-order valence-electron chi connectivity index (χ4n) is 5.61. The zero-order valence-corrected chi connectivity index (χ0v) is 19.7. The fourth-order valence-corrected chi connectivity index (χ4v) is 5.61. The Hall–Kier alpha value is -4.18. The van der Waals surface area contributed by atoms with Gasteiger partial charge in [-0.15, -0.1) is 0 Å². The largest absolute Gasteiger partial charge is 0.595 e. The number of aromatic nitrogens is 1. The van der Waals surface area contributed by atoms with Crippen molar-refractivity contribution in [2.75, 3.05) is 18.6 Å². The normalized spacial score (nSPS) is 22.1. The second-order valence-corrected chi connectivity index (χ2v) is 9.21. The number of H-pyrrole nitrogens is 1. The molecule has 0 spiro atoms. The summed E-state index contributed by atoms with van der Waals surface area (Å²) >= 11 is 0. The van der Waals surface area contributed by atoms with Crippen LogP contribution in [0.4, 0.5) is 16.2 Å². The number of quaternary nitrogens is 1. The third-order valence-electron chi connectivity index (χ3n) is 7.42. The molecule has 9 heteroatoms. The number of hydrogen-bond donors (Lipinski definition) is 3. The Labute approximate surface area is 206 Å². The van der Waals surface area contributed by atoms with Gasteiger partial charge in [0, 0.05) is 41.1 Å². The molecule has 0 bridgehead atoms. The van der Waals surface area contributed by atoms with E-state index in [0.29, 0.717) is 17.1 Å². The lowest BCUT2D eigenvalue weighted by Gasteiger charge is -2.40. The van der Waals surface area contributed by atoms with Crippen molar-refractivity contribution in [1.82, 2.24) is 9.88 Å². The number of benzene rings is 3. The van der Waals surface area contributed by atoms with Crippen LogP contribution in [0.25, 0.3) is 10.9 Å². The Morgan fingerprint density at radius 1 is 1.06 bits per heavy atom. The van der Waals surface area contributed by atoms with Gasteiger partial charge in [0.25, 0.3) is 5.91 Å². The lowest BCUT2D eigenvalue weighted by Crippen LogP contribution is -2.99. The van der Waals surface area contributed by atoms with Crippen LogP contribution in [0.5, 0.6) is 5.75 Å². The summed E-state index contributed by atoms with van der Waals surface area (Å²) in [5.74, 6) is 0.0924. The molecular formula is C27H24N4O5. The van der Waals surface area contributed by atoms with Crippen LogP contribution in [0.2, 0.25) is 0 Å². The molecule has 4 aromatic rings. The maximum absolute atomic E-state index is 14.0. The summed E-state index contributed by atoms with van der Waals surface area (Å²) in [4.78, 5) is 34.0. The molecule has 0 aliphatic carbocycles. The number of fused-ring (bicyclic) bond motifs is 5. The number of amides is 3. The quantitative estimate of drug-likeness (QED) is 0.304. The number of urea groups is 1. The summed E-state index contributed by atoms with van der Waals surface area (Å²) in [5.41, 5.74) is 2.61. The van der Waals surface area contributed by atoms with E-state index in [9.17, 15) is 20.0 Å². The van der Waals surface area contributed by atoms with Crippen molar-refractivity contribution in [3.05, 3.63) is 94.8 Å². The van der Waals surface area contributed by atoms with Gasteiger partial charge in [0.15, 0.2) is 11.2 Å². The molecule has 2 aliphatic heterocycles. The smallest absolute Gasteiger partial charge is 0.332 e. The van der Waals surface area contributed by atoms with Gasteiger partial charge in [0.1, 0.15) is 5.75 Å². The van der Waals surface area contributed by atoms with E-state index in [1.54, 1.807) is 18.9 Å². The van der Waals surface area contributed by atoms with E-state index < -0.39 is 16.8 Å². The number of nitrogens with zero attached hydrogens (tertiary/aromatic N) is 2. The monoisotopic (exact) mass is 484 g/mol. The van der Waals surface area contributed by atoms with Crippen molar-refractivity contribution in [2.45, 2.75) is 18.4 Å². The van der Waals surface area contributed by atoms with Crippen molar-refractivity contribution in [3.8, 4) is 5.75 Å². The van der Waals surface area contributed by atoms with Crippen molar-refractivity contribution < 1.29 is 24.8 Å². The molecule has 1 aromatic heterocycles. The Morgan fingerprint density at radius 3 is 2.47 bits per heavy atom. The summed E-state index contributed by atoms with van der Waals surface area (Å²) in [6.07, 6.45) is 0. The molecular weight excluding hydrogens is 460 g/mol. The highest BCUT2D eigenvalue weighted by Gasteiger charge is 2.60. The van der Waals surface area contributed by atoms with E-state index in [4.69, 9.17) is 4.74 Å². The number of rotatable bonds is 4. The Balaban J connectivity index is 1.55. The van der Waals surface area contributed by atoms with Crippen LogP contribution < -0.4 is 14.9 Å². The zero-order valence-electron chi connectivity index (χ0n) is 19.7. The van der Waals surface area contributed by atoms with Crippen LogP contribution in [-0.2, 0) is 10.3 Å². The highest BCUT2D eigenvalue weighted by molar-refractivity contribution is 6.23. The minimum Gasteiger partial charge on any atom is -0.595 e. The number of nitrogens with one attached hydrogen (secondary N) is 2. The van der Waals surface area contributed by atoms with Gasteiger partial charge in [0.05, 0.1) is 18.5 Å². The first kappa shape index (κ1) is 22.3. The van der Waals surface area contributed by atoms with Crippen LogP contribution in [-0.4, -0.2) is 40.7 Å². The lowest BCUT2D eigenvalue weighted by atomic mass is 9.78. The predicted octanol–water partition coefficient (Wildman–Crippen LogP) is 3.41. The van der Waals surface area contributed by atoms with Gasteiger partial charge >= 0.3 is 6.03 Å². The molecule has 0 radical (unpaired) electrons. The molecule has 3 amide bonds. The fraction of sp³-hybridized carbons (Fsp3) is 0.185. The molecule has 3 atom stereocenters. The third kappa shape index (κ3) is 2.94. The lowest BCUT2D eigenvalue weighted by molar-refractivity contribution is -0.991. The summed E-state index contributed by atoms with van der Waals surface area (Å²) in [5, 5.41) is 20.5. The zero-order chi connectivity index (χ0) is 25.2. The molecule has 3 aromatic carbocycles. The summed E-state index contributed by atoms with van der Waals surface area (Å²) < 4.78 is 5.67. The maximum Gasteiger partial charge on any atom is 0.332 e. The first-order chi connectivity index (χ1) is 17.4. The van der Waals surface area contributed by atoms with E-state index >= 15 is 0 Å². The summed E-state index contributed by atoms with van der Waals surface area (Å²) in [7, 11) is 1.62. The molecule has 2 unspecified atom stereocenters. The number of ether oxygens (including phenoxy) is 1. The molecule has 9 nitrogen and oxygen atoms in total. The summed E-state index contributed by atoms with van der Waals surface area (Å²) in [6, 6.07) is 20.9. The van der Waals surface area contributed by atoms with E-state index in [1.807, 2.05) is 48.5 Å². The van der Waals surface area contributed by atoms with E-state index in [2.05, 4.69) is 4.98 Å². The molecule has 2 aliphatic rings. The Bertz CT molecular complexity index is 1510. The number of carbonyl (C=O) groups is 2. The minimum absolute atomic E-state index is 0.0796. The van der Waals surface area contributed by atoms with Crippen LogP contribution in [0, 0.1) is 5.21 Å². The number of hydrogen-bond acceptors (Lipinski definition) is 5.